The molecular weight excluding hydrogens is 1200 g/mol. The molecule has 4 aromatic carbocycles. The Bertz CT molecular complexity index is 3360. The van der Waals surface area contributed by atoms with Gasteiger partial charge in [-0.2, -0.15) is 0 Å². The molecule has 4 fully saturated rings. The van der Waals surface area contributed by atoms with Gasteiger partial charge in [0.05, 0.1) is 24.8 Å². The van der Waals surface area contributed by atoms with Crippen LogP contribution < -0.4 is 14.2 Å². The van der Waals surface area contributed by atoms with Gasteiger partial charge in [0.15, 0.2) is 46.9 Å². The molecule has 0 saturated carbocycles. The van der Waals surface area contributed by atoms with Crippen molar-refractivity contribution in [1.29, 1.82) is 0 Å². The van der Waals surface area contributed by atoms with E-state index in [4.69, 9.17) is 51.8 Å². The quantitative estimate of drug-likeness (QED) is 0.0165. The van der Waals surface area contributed by atoms with Gasteiger partial charge < -0.3 is 144 Å². The monoisotopic (exact) mass is 1260 g/mol. The Morgan fingerprint density at radius 3 is 1.45 bits per heavy atom. The lowest BCUT2D eigenvalue weighted by Crippen LogP contribution is -2.65. The molecule has 0 radical (unpaired) electrons. The molecule has 1 aromatic heterocycles. The number of hydrogen-bond donors (Lipinski definition) is 19. The van der Waals surface area contributed by atoms with Gasteiger partial charge in [-0.3, -0.25) is 0 Å². The van der Waals surface area contributed by atoms with Crippen molar-refractivity contribution < 1.29 is 158 Å². The number of ether oxygens (including phenoxy) is 10. The molecule has 8 unspecified atom stereocenters. The van der Waals surface area contributed by atoms with E-state index in [1.807, 2.05) is 0 Å². The maximum Gasteiger partial charge on any atom is 0.402 e. The summed E-state index contributed by atoms with van der Waals surface area (Å²) in [5.41, 5.74) is 0.0494. The number of aliphatic hydroxyl groups is 13. The molecule has 32 nitrogen and oxygen atoms in total. The lowest BCUT2D eigenvalue weighted by Gasteiger charge is -2.45. The molecular formula is C57H63O32+. The fourth-order valence-corrected chi connectivity index (χ4v) is 9.66. The topological polar surface area (TPSA) is 522 Å². The first-order chi connectivity index (χ1) is 42.3. The van der Waals surface area contributed by atoms with Gasteiger partial charge in [0.2, 0.25) is 24.6 Å². The maximum absolute atomic E-state index is 13.1. The summed E-state index contributed by atoms with van der Waals surface area (Å²) in [5.74, 6) is -7.09. The largest absolute Gasteiger partial charge is 0.507 e. The number of carbonyl (C=O) groups is 2. The average molecular weight is 1260 g/mol. The highest BCUT2D eigenvalue weighted by Gasteiger charge is 2.53. The number of aliphatic hydroxyl groups excluding tert-OH is 13. The maximum atomic E-state index is 13.1. The molecule has 482 valence electrons. The molecule has 0 bridgehead atoms. The Labute approximate surface area is 500 Å². The predicted octanol–water partition coefficient (Wildman–Crippen LogP) is -3.50. The molecule has 4 saturated heterocycles. The summed E-state index contributed by atoms with van der Waals surface area (Å²) in [7, 11) is 0. The fraction of sp³-hybridized carbons (Fsp3) is 0.421. The van der Waals surface area contributed by atoms with E-state index >= 15 is 0 Å². The third kappa shape index (κ3) is 14.6. The van der Waals surface area contributed by atoms with Crippen LogP contribution in [0.4, 0.5) is 0 Å². The molecule has 0 amide bonds. The van der Waals surface area contributed by atoms with Crippen molar-refractivity contribution in [2.45, 2.75) is 123 Å². The molecule has 20 atom stereocenters. The number of fused-ring (bicyclic) bond motifs is 1. The summed E-state index contributed by atoms with van der Waals surface area (Å²) >= 11 is 0. The molecule has 32 heteroatoms. The zero-order valence-corrected chi connectivity index (χ0v) is 45.9. The summed E-state index contributed by atoms with van der Waals surface area (Å²) in [6, 6.07) is 13.7. The number of carbonyl (C=O) groups excluding carboxylic acids is 2. The van der Waals surface area contributed by atoms with Crippen LogP contribution in [-0.2, 0) is 42.7 Å². The van der Waals surface area contributed by atoms with Crippen LogP contribution in [0.15, 0.2) is 89.4 Å². The first-order valence-electron chi connectivity index (χ1n) is 27.0. The SMILES string of the molecule is O=C(/C=C/c1ccc(O)c(O)c1)OCC1O[C@@H](Oc2cc3c(O[C@@H]4OC(CO)[C@@H](O)[C@H](O)C4O)cc(O)cc3[o+]c2-c2ccc(O)c(O)c2)C(O[C@@H]2O[C@H](COC(=O)/C=C/c3ccc(O)c(O[C@@H]4O[C@H](CO)[C@@H](O)C(O)C4O)c3)[C@@H](O)C(O)C2O)[C@@H](O)[C@@H]1O. The second-order valence-corrected chi connectivity index (χ2v) is 20.8. The van der Waals surface area contributed by atoms with Crippen molar-refractivity contribution >= 4 is 35.1 Å². The number of aromatic hydroxyl groups is 6. The van der Waals surface area contributed by atoms with Crippen molar-refractivity contribution in [3.05, 3.63) is 96.1 Å². The molecule has 9 rings (SSSR count). The summed E-state index contributed by atoms with van der Waals surface area (Å²) in [6.45, 7) is -3.38. The Balaban J connectivity index is 0.992. The van der Waals surface area contributed by atoms with Gasteiger partial charge in [-0.05, 0) is 59.7 Å². The molecule has 89 heavy (non-hydrogen) atoms. The van der Waals surface area contributed by atoms with Gasteiger partial charge >= 0.3 is 23.3 Å². The third-order valence-corrected chi connectivity index (χ3v) is 14.7. The highest BCUT2D eigenvalue weighted by Crippen LogP contribution is 2.44. The number of rotatable bonds is 19. The second kappa shape index (κ2) is 27.9. The molecule has 0 spiro atoms. The van der Waals surface area contributed by atoms with Gasteiger partial charge in [-0.15, -0.1) is 0 Å². The number of phenolic OH excluding ortho intramolecular Hbond substituents is 6. The van der Waals surface area contributed by atoms with E-state index in [2.05, 4.69) is 0 Å². The average Bonchev–Trinajstić information content (AvgIpc) is 0.884. The second-order valence-electron chi connectivity index (χ2n) is 20.8. The van der Waals surface area contributed by atoms with Crippen LogP contribution in [0.25, 0.3) is 34.4 Å². The lowest BCUT2D eigenvalue weighted by molar-refractivity contribution is -0.358. The first kappa shape index (κ1) is 65.6. The Kier molecular flexibility index (Phi) is 20.6. The van der Waals surface area contributed by atoms with Crippen LogP contribution in [0.1, 0.15) is 11.1 Å². The smallest absolute Gasteiger partial charge is 0.402 e. The van der Waals surface area contributed by atoms with Crippen LogP contribution in [0.2, 0.25) is 0 Å². The van der Waals surface area contributed by atoms with E-state index < -0.39 is 207 Å². The number of hydrogen-bond acceptors (Lipinski definition) is 31. The van der Waals surface area contributed by atoms with E-state index in [9.17, 15) is 107 Å². The van der Waals surface area contributed by atoms with E-state index in [-0.39, 0.29) is 39.2 Å². The summed E-state index contributed by atoms with van der Waals surface area (Å²) in [6.07, 6.45) is -34.0. The fourth-order valence-electron chi connectivity index (χ4n) is 9.66. The first-order valence-corrected chi connectivity index (χ1v) is 27.0. The van der Waals surface area contributed by atoms with Crippen molar-refractivity contribution in [3.8, 4) is 63.1 Å². The van der Waals surface area contributed by atoms with Crippen LogP contribution in [-0.4, -0.2) is 258 Å². The van der Waals surface area contributed by atoms with Crippen LogP contribution in [0.3, 0.4) is 0 Å². The predicted molar refractivity (Wildman–Crippen MR) is 291 cm³/mol. The van der Waals surface area contributed by atoms with Crippen molar-refractivity contribution in [2.75, 3.05) is 26.4 Å². The molecule has 5 aromatic rings. The minimum Gasteiger partial charge on any atom is -0.507 e. The summed E-state index contributed by atoms with van der Waals surface area (Å²) < 4.78 is 63.4. The minimum atomic E-state index is -2.24. The highest BCUT2D eigenvalue weighted by molar-refractivity contribution is 5.89. The Morgan fingerprint density at radius 2 is 0.899 bits per heavy atom. The summed E-state index contributed by atoms with van der Waals surface area (Å²) in [4.78, 5) is 26.1. The van der Waals surface area contributed by atoms with E-state index in [0.29, 0.717) is 0 Å². The highest BCUT2D eigenvalue weighted by atomic mass is 16.8. The van der Waals surface area contributed by atoms with E-state index in [0.717, 1.165) is 66.8 Å². The number of phenols is 6. The Morgan fingerprint density at radius 1 is 0.438 bits per heavy atom. The number of benzene rings is 4. The molecule has 4 aliphatic heterocycles. The van der Waals surface area contributed by atoms with Gasteiger partial charge in [0.1, 0.15) is 122 Å². The Hall–Kier alpha value is -7.81. The van der Waals surface area contributed by atoms with Crippen LogP contribution >= 0.6 is 0 Å². The molecule has 0 aliphatic carbocycles. The van der Waals surface area contributed by atoms with Crippen LogP contribution in [0, 0.1) is 0 Å². The summed E-state index contributed by atoms with van der Waals surface area (Å²) in [5, 5.41) is 201. The van der Waals surface area contributed by atoms with Crippen LogP contribution in [0.5, 0.6) is 51.7 Å². The lowest BCUT2D eigenvalue weighted by atomic mass is 9.97. The third-order valence-electron chi connectivity index (χ3n) is 14.7. The minimum absolute atomic E-state index is 0.0888. The zero-order chi connectivity index (χ0) is 64.3. The van der Waals surface area contributed by atoms with E-state index in [1.165, 1.54) is 30.3 Å². The van der Waals surface area contributed by atoms with Gasteiger partial charge in [0.25, 0.3) is 0 Å². The van der Waals surface area contributed by atoms with Gasteiger partial charge in [-0.1, -0.05) is 12.1 Å². The van der Waals surface area contributed by atoms with Gasteiger partial charge in [-0.25, -0.2) is 14.0 Å². The molecule has 5 heterocycles. The number of esters is 2. The zero-order valence-electron chi connectivity index (χ0n) is 45.9. The normalized spacial score (nSPS) is 32.4. The van der Waals surface area contributed by atoms with E-state index in [1.54, 1.807) is 0 Å². The standard InChI is InChI=1S/C57H62O32/c58-17-35-41(68)45(72)49(76)54(85-35)82-32-15-24(60)14-31-25(32)16-34(52(81-31)23-5-8-27(62)30(65)13-23)84-57-53(48(75)44(71)38(88-57)20-80-39(66)9-3-21-1-6-26(61)29(64)11-21)89-56-51(78)47(74)43(70)37(87-56)19-79-40(67)10-4-22-2-7-28(63)33(12-22)83-55-50(77)46(73)42(69)36(18-59)86-55/h1-16,35-38,41-51,53-59,68-78H,17-20H2,(H5-,60,61,62,63,64,65,66,67)/p+1/t35?,36-,37-,38?,41-,42-,43-,44-,45+,46?,47?,48+,49?,50?,51?,53?,54-,55-,56+,57-/m1/s1. The van der Waals surface area contributed by atoms with Crippen molar-refractivity contribution in [2.24, 2.45) is 0 Å². The van der Waals surface area contributed by atoms with Crippen molar-refractivity contribution in [1.82, 2.24) is 0 Å². The van der Waals surface area contributed by atoms with Gasteiger partial charge in [0, 0.05) is 30.4 Å². The van der Waals surface area contributed by atoms with Crippen molar-refractivity contribution in [3.63, 3.8) is 0 Å². The molecule has 19 N–H and O–H groups in total. The molecule has 4 aliphatic rings.